The molecule has 1 saturated heterocycles. The predicted octanol–water partition coefficient (Wildman–Crippen LogP) is 4.17. The van der Waals surface area contributed by atoms with Gasteiger partial charge in [-0.3, -0.25) is 4.79 Å². The molecule has 0 spiro atoms. The maximum atomic E-state index is 12.8. The van der Waals surface area contributed by atoms with Gasteiger partial charge in [-0.1, -0.05) is 18.2 Å². The Labute approximate surface area is 164 Å². The molecule has 0 saturated carbocycles. The Hall–Kier alpha value is -1.21. The zero-order valence-corrected chi connectivity index (χ0v) is 16.9. The summed E-state index contributed by atoms with van der Waals surface area (Å²) in [7, 11) is 1.87. The Balaban J connectivity index is 1.82. The number of benzene rings is 1. The highest BCUT2D eigenvalue weighted by atomic mass is 32.2. The van der Waals surface area contributed by atoms with Gasteiger partial charge in [-0.2, -0.15) is 24.9 Å². The summed E-state index contributed by atoms with van der Waals surface area (Å²) in [5, 5.41) is 0. The van der Waals surface area contributed by atoms with Crippen LogP contribution >= 0.6 is 11.8 Å². The SMILES string of the molecule is CSCCC(=O)N(C)C[C@H]1CCCN(CCc2cccc(C(F)(F)F)c2)C1. The summed E-state index contributed by atoms with van der Waals surface area (Å²) in [6.07, 6.45) is 1.05. The molecule has 27 heavy (non-hydrogen) atoms. The molecule has 3 nitrogen and oxygen atoms in total. The number of rotatable bonds is 8. The molecular formula is C20H29F3N2OS. The molecule has 2 rings (SSSR count). The Morgan fingerprint density at radius 3 is 2.85 bits per heavy atom. The molecule has 0 aliphatic carbocycles. The average Bonchev–Trinajstić information content (AvgIpc) is 2.64. The van der Waals surface area contributed by atoms with Crippen molar-refractivity contribution in [2.24, 2.45) is 5.92 Å². The van der Waals surface area contributed by atoms with E-state index in [1.807, 2.05) is 18.2 Å². The van der Waals surface area contributed by atoms with E-state index in [2.05, 4.69) is 4.90 Å². The standard InChI is InChI=1S/C20H29F3N2OS/c1-24(19(26)9-12-27-2)14-17-6-4-10-25(15-17)11-8-16-5-3-7-18(13-16)20(21,22)23/h3,5,7,13,17H,4,6,8-12,14-15H2,1-2H3/t17-/m1/s1. The van der Waals surface area contributed by atoms with Crippen LogP contribution < -0.4 is 0 Å². The van der Waals surface area contributed by atoms with Crippen molar-refractivity contribution in [1.29, 1.82) is 0 Å². The molecule has 1 aliphatic heterocycles. The molecule has 0 unspecified atom stereocenters. The Morgan fingerprint density at radius 2 is 2.15 bits per heavy atom. The van der Waals surface area contributed by atoms with Crippen molar-refractivity contribution in [2.75, 3.05) is 45.2 Å². The monoisotopic (exact) mass is 402 g/mol. The van der Waals surface area contributed by atoms with Crippen LogP contribution in [-0.4, -0.2) is 60.9 Å². The molecule has 1 fully saturated rings. The molecule has 1 aromatic rings. The smallest absolute Gasteiger partial charge is 0.345 e. The molecule has 1 heterocycles. The lowest BCUT2D eigenvalue weighted by molar-refractivity contribution is -0.137. The molecule has 0 N–H and O–H groups in total. The van der Waals surface area contributed by atoms with Crippen molar-refractivity contribution in [3.63, 3.8) is 0 Å². The Bertz CT molecular complexity index is 609. The molecule has 152 valence electrons. The fourth-order valence-electron chi connectivity index (χ4n) is 3.56. The third kappa shape index (κ3) is 7.37. The summed E-state index contributed by atoms with van der Waals surface area (Å²) < 4.78 is 38.5. The number of nitrogens with zero attached hydrogens (tertiary/aromatic N) is 2. The molecule has 0 radical (unpaired) electrons. The first kappa shape index (κ1) is 22.1. The van der Waals surface area contributed by atoms with Crippen molar-refractivity contribution in [3.8, 4) is 0 Å². The quantitative estimate of drug-likeness (QED) is 0.652. The first-order valence-electron chi connectivity index (χ1n) is 9.41. The van der Waals surface area contributed by atoms with Gasteiger partial charge in [0, 0.05) is 38.9 Å². The molecule has 1 amide bonds. The lowest BCUT2D eigenvalue weighted by Gasteiger charge is -2.34. The lowest BCUT2D eigenvalue weighted by Crippen LogP contribution is -2.42. The molecular weight excluding hydrogens is 373 g/mol. The minimum absolute atomic E-state index is 0.186. The zero-order chi connectivity index (χ0) is 19.9. The van der Waals surface area contributed by atoms with Gasteiger partial charge in [0.2, 0.25) is 5.91 Å². The highest BCUT2D eigenvalue weighted by Crippen LogP contribution is 2.29. The summed E-state index contributed by atoms with van der Waals surface area (Å²) in [5.74, 6) is 1.46. The van der Waals surface area contributed by atoms with E-state index in [1.165, 1.54) is 12.1 Å². The zero-order valence-electron chi connectivity index (χ0n) is 16.1. The van der Waals surface area contributed by atoms with Crippen LogP contribution in [0.4, 0.5) is 13.2 Å². The topological polar surface area (TPSA) is 23.6 Å². The van der Waals surface area contributed by atoms with Gasteiger partial charge >= 0.3 is 6.18 Å². The first-order valence-corrected chi connectivity index (χ1v) is 10.8. The molecule has 1 aromatic carbocycles. The van der Waals surface area contributed by atoms with E-state index in [4.69, 9.17) is 0 Å². The third-order valence-electron chi connectivity index (χ3n) is 5.05. The van der Waals surface area contributed by atoms with E-state index in [1.54, 1.807) is 17.8 Å². The van der Waals surface area contributed by atoms with Crippen LogP contribution in [0.5, 0.6) is 0 Å². The molecule has 1 aliphatic rings. The highest BCUT2D eigenvalue weighted by Gasteiger charge is 2.30. The largest absolute Gasteiger partial charge is 0.416 e. The second kappa shape index (κ2) is 10.4. The number of carbonyl (C=O) groups is 1. The Morgan fingerprint density at radius 1 is 1.37 bits per heavy atom. The van der Waals surface area contributed by atoms with Gasteiger partial charge in [-0.25, -0.2) is 0 Å². The lowest BCUT2D eigenvalue weighted by atomic mass is 9.97. The molecule has 0 bridgehead atoms. The fourth-order valence-corrected chi connectivity index (χ4v) is 3.94. The summed E-state index contributed by atoms with van der Waals surface area (Å²) in [6.45, 7) is 3.38. The van der Waals surface area contributed by atoms with Crippen LogP contribution in [0.1, 0.15) is 30.4 Å². The number of piperidine rings is 1. The highest BCUT2D eigenvalue weighted by molar-refractivity contribution is 7.98. The van der Waals surface area contributed by atoms with Gasteiger partial charge in [0.15, 0.2) is 0 Å². The van der Waals surface area contributed by atoms with Crippen LogP contribution in [0.25, 0.3) is 0 Å². The molecule has 7 heteroatoms. The number of hydrogen-bond donors (Lipinski definition) is 0. The van der Waals surface area contributed by atoms with Crippen molar-refractivity contribution < 1.29 is 18.0 Å². The van der Waals surface area contributed by atoms with Crippen molar-refractivity contribution in [1.82, 2.24) is 9.80 Å². The second-order valence-corrected chi connectivity index (χ2v) is 8.26. The molecule has 1 atom stereocenters. The third-order valence-corrected chi connectivity index (χ3v) is 5.66. The number of hydrogen-bond acceptors (Lipinski definition) is 3. The minimum atomic E-state index is -4.29. The van der Waals surface area contributed by atoms with E-state index in [0.717, 1.165) is 56.4 Å². The average molecular weight is 403 g/mol. The van der Waals surface area contributed by atoms with Crippen LogP contribution in [0.3, 0.4) is 0 Å². The van der Waals surface area contributed by atoms with Crippen LogP contribution in [-0.2, 0) is 17.4 Å². The van der Waals surface area contributed by atoms with Crippen LogP contribution in [0.2, 0.25) is 0 Å². The summed E-state index contributed by atoms with van der Waals surface area (Å²) in [5.41, 5.74) is 0.137. The van der Waals surface area contributed by atoms with E-state index in [-0.39, 0.29) is 5.91 Å². The van der Waals surface area contributed by atoms with Crippen molar-refractivity contribution in [2.45, 2.75) is 31.9 Å². The first-order chi connectivity index (χ1) is 12.8. The van der Waals surface area contributed by atoms with Crippen molar-refractivity contribution in [3.05, 3.63) is 35.4 Å². The van der Waals surface area contributed by atoms with E-state index in [9.17, 15) is 18.0 Å². The van der Waals surface area contributed by atoms with Gasteiger partial charge < -0.3 is 9.80 Å². The fraction of sp³-hybridized carbons (Fsp3) is 0.650. The van der Waals surface area contributed by atoms with Crippen molar-refractivity contribution >= 4 is 17.7 Å². The number of carbonyl (C=O) groups excluding carboxylic acids is 1. The van der Waals surface area contributed by atoms with Gasteiger partial charge in [0.25, 0.3) is 0 Å². The maximum Gasteiger partial charge on any atom is 0.416 e. The summed E-state index contributed by atoms with van der Waals surface area (Å²) in [4.78, 5) is 16.2. The van der Waals surface area contributed by atoms with Crippen LogP contribution in [0.15, 0.2) is 24.3 Å². The summed E-state index contributed by atoms with van der Waals surface area (Å²) >= 11 is 1.67. The maximum absolute atomic E-state index is 12.8. The predicted molar refractivity (Wildman–Crippen MR) is 105 cm³/mol. The van der Waals surface area contributed by atoms with Gasteiger partial charge in [-0.15, -0.1) is 0 Å². The minimum Gasteiger partial charge on any atom is -0.345 e. The number of likely N-dealkylation sites (tertiary alicyclic amines) is 1. The number of halogens is 3. The van der Waals surface area contributed by atoms with E-state index >= 15 is 0 Å². The van der Waals surface area contributed by atoms with E-state index < -0.39 is 11.7 Å². The van der Waals surface area contributed by atoms with Gasteiger partial charge in [-0.05, 0) is 49.6 Å². The van der Waals surface area contributed by atoms with Gasteiger partial charge in [0.05, 0.1) is 5.56 Å². The second-order valence-electron chi connectivity index (χ2n) is 7.27. The van der Waals surface area contributed by atoms with E-state index in [0.29, 0.717) is 18.8 Å². The number of amides is 1. The summed E-state index contributed by atoms with van der Waals surface area (Å²) in [6, 6.07) is 5.60. The number of alkyl halides is 3. The normalized spacial score (nSPS) is 18.5. The van der Waals surface area contributed by atoms with Gasteiger partial charge in [0.1, 0.15) is 0 Å². The number of thioether (sulfide) groups is 1. The van der Waals surface area contributed by atoms with Crippen LogP contribution in [0, 0.1) is 5.92 Å². The Kier molecular flexibility index (Phi) is 8.48. The molecule has 0 aromatic heterocycles.